The van der Waals surface area contributed by atoms with Gasteiger partial charge in [0.15, 0.2) is 5.78 Å². The van der Waals surface area contributed by atoms with E-state index in [9.17, 15) is 4.79 Å². The number of likely N-dealkylation sites (tertiary alicyclic amines) is 1. The monoisotopic (exact) mass is 508 g/mol. The van der Waals surface area contributed by atoms with Crippen molar-refractivity contribution < 1.29 is 9.53 Å². The number of benzene rings is 3. The van der Waals surface area contributed by atoms with Crippen LogP contribution < -0.4 is 9.64 Å². The minimum absolute atomic E-state index is 0.260. The van der Waals surface area contributed by atoms with Crippen LogP contribution in [0.2, 0.25) is 0 Å². The van der Waals surface area contributed by atoms with Gasteiger partial charge in [0.1, 0.15) is 5.75 Å². The summed E-state index contributed by atoms with van der Waals surface area (Å²) in [5.74, 6) is 1.18. The van der Waals surface area contributed by atoms with E-state index in [2.05, 4.69) is 64.4 Å². The molecule has 0 N–H and O–H groups in total. The van der Waals surface area contributed by atoms with Gasteiger partial charge in [0.05, 0.1) is 7.11 Å². The van der Waals surface area contributed by atoms with Crippen LogP contribution in [0.1, 0.15) is 66.4 Å². The Kier molecular flexibility index (Phi) is 8.93. The summed E-state index contributed by atoms with van der Waals surface area (Å²) in [6.07, 6.45) is 7.45. The van der Waals surface area contributed by atoms with Crippen LogP contribution in [-0.2, 0) is 0 Å². The van der Waals surface area contributed by atoms with Gasteiger partial charge in [-0.1, -0.05) is 54.1 Å². The first kappa shape index (κ1) is 26.2. The van der Waals surface area contributed by atoms with Gasteiger partial charge in [-0.25, -0.2) is 0 Å². The fraction of sp³-hybridized carbons (Fsp3) is 0.382. The minimum atomic E-state index is 0.260. The Morgan fingerprint density at radius 3 is 2.16 bits per heavy atom. The van der Waals surface area contributed by atoms with Crippen molar-refractivity contribution in [2.24, 2.45) is 0 Å². The molecule has 0 aromatic heterocycles. The van der Waals surface area contributed by atoms with Crippen LogP contribution in [0, 0.1) is 0 Å². The molecule has 2 aliphatic heterocycles. The van der Waals surface area contributed by atoms with Crippen molar-refractivity contribution in [3.05, 3.63) is 101 Å². The van der Waals surface area contributed by atoms with Gasteiger partial charge in [0.25, 0.3) is 0 Å². The van der Waals surface area contributed by atoms with Crippen LogP contribution in [-0.4, -0.2) is 50.5 Å². The van der Waals surface area contributed by atoms with Crippen molar-refractivity contribution in [1.29, 1.82) is 0 Å². The largest absolute Gasteiger partial charge is 0.496 e. The van der Waals surface area contributed by atoms with Crippen molar-refractivity contribution >= 4 is 17.0 Å². The van der Waals surface area contributed by atoms with Crippen LogP contribution >= 0.6 is 0 Å². The molecular formula is C34H40N2O2. The highest BCUT2D eigenvalue weighted by Crippen LogP contribution is 2.36. The summed E-state index contributed by atoms with van der Waals surface area (Å²) in [6, 6.07) is 27.3. The zero-order chi connectivity index (χ0) is 26.2. The molecule has 2 saturated heterocycles. The summed E-state index contributed by atoms with van der Waals surface area (Å²) in [5, 5.41) is 0. The molecule has 198 valence electrons. The van der Waals surface area contributed by atoms with Gasteiger partial charge in [0.2, 0.25) is 0 Å². The number of anilines is 1. The first-order valence-electron chi connectivity index (χ1n) is 14.2. The Morgan fingerprint density at radius 2 is 1.45 bits per heavy atom. The first-order valence-corrected chi connectivity index (χ1v) is 14.2. The van der Waals surface area contributed by atoms with Crippen molar-refractivity contribution in [2.75, 3.05) is 44.7 Å². The third-order valence-electron chi connectivity index (χ3n) is 8.04. The third kappa shape index (κ3) is 6.36. The number of ketones is 1. The van der Waals surface area contributed by atoms with Crippen molar-refractivity contribution in [1.82, 2.24) is 4.90 Å². The van der Waals surface area contributed by atoms with Crippen LogP contribution in [0.15, 0.2) is 84.4 Å². The quantitative estimate of drug-likeness (QED) is 0.285. The molecule has 0 unspecified atom stereocenters. The summed E-state index contributed by atoms with van der Waals surface area (Å²) >= 11 is 0. The van der Waals surface area contributed by atoms with Crippen molar-refractivity contribution in [3.8, 4) is 5.75 Å². The lowest BCUT2D eigenvalue weighted by molar-refractivity contribution is 0.0974. The number of nitrogens with zero attached hydrogens (tertiary/aromatic N) is 2. The number of hydrogen-bond donors (Lipinski definition) is 0. The topological polar surface area (TPSA) is 32.8 Å². The van der Waals surface area contributed by atoms with Crippen LogP contribution in [0.25, 0.3) is 5.57 Å². The lowest BCUT2D eigenvalue weighted by Crippen LogP contribution is -2.32. The molecule has 3 aromatic rings. The summed E-state index contributed by atoms with van der Waals surface area (Å²) in [7, 11) is 1.75. The molecule has 38 heavy (non-hydrogen) atoms. The average Bonchev–Trinajstić information content (AvgIpc) is 2.99. The van der Waals surface area contributed by atoms with Gasteiger partial charge in [-0.3, -0.25) is 4.79 Å². The van der Waals surface area contributed by atoms with Gasteiger partial charge in [-0.15, -0.1) is 0 Å². The standard InChI is InChI=1S/C34H40N2O2/c1-38-33-15-7-6-13-31(33)34(28-11-4-2-5-12-28)29-20-25-35(26-21-29)22-10-14-32(37)27-16-18-30(19-17-27)36-23-8-3-9-24-36/h2,4-7,11-13,15-19H,3,8-10,14,20-26H2,1H3. The second-order valence-electron chi connectivity index (χ2n) is 10.5. The molecule has 0 amide bonds. The number of carbonyl (C=O) groups excluding carboxylic acids is 1. The van der Waals surface area contributed by atoms with Crippen LogP contribution in [0.5, 0.6) is 5.75 Å². The first-order chi connectivity index (χ1) is 18.7. The Morgan fingerprint density at radius 1 is 0.763 bits per heavy atom. The Bertz CT molecular complexity index is 1220. The molecule has 0 bridgehead atoms. The molecule has 0 spiro atoms. The number of Topliss-reactive ketones (excluding diaryl/α,β-unsaturated/α-hetero) is 1. The van der Waals surface area contributed by atoms with E-state index < -0.39 is 0 Å². The van der Waals surface area contributed by atoms with E-state index in [1.54, 1.807) is 7.11 Å². The third-order valence-corrected chi connectivity index (χ3v) is 8.04. The summed E-state index contributed by atoms with van der Waals surface area (Å²) in [5.41, 5.74) is 7.31. The van der Waals surface area contributed by atoms with Gasteiger partial charge >= 0.3 is 0 Å². The van der Waals surface area contributed by atoms with E-state index in [1.807, 2.05) is 24.3 Å². The zero-order valence-corrected chi connectivity index (χ0v) is 22.7. The number of rotatable bonds is 9. The number of carbonyl (C=O) groups is 1. The maximum Gasteiger partial charge on any atom is 0.162 e. The van der Waals surface area contributed by atoms with Crippen LogP contribution in [0.4, 0.5) is 5.69 Å². The molecule has 2 heterocycles. The van der Waals surface area contributed by atoms with Gasteiger partial charge in [0, 0.05) is 49.4 Å². The highest BCUT2D eigenvalue weighted by molar-refractivity contribution is 5.96. The number of methoxy groups -OCH3 is 1. The Balaban J connectivity index is 1.17. The maximum atomic E-state index is 12.8. The highest BCUT2D eigenvalue weighted by Gasteiger charge is 2.21. The molecule has 2 aliphatic rings. The lowest BCUT2D eigenvalue weighted by atomic mass is 9.88. The SMILES string of the molecule is COc1ccccc1C(=C1CCN(CCCC(=O)c2ccc(N3CCCCC3)cc2)CC1)c1ccccc1. The fourth-order valence-corrected chi connectivity index (χ4v) is 5.92. The van der Waals surface area contributed by atoms with E-state index in [0.717, 1.165) is 63.3 Å². The van der Waals surface area contributed by atoms with E-state index in [4.69, 9.17) is 4.74 Å². The number of piperidine rings is 2. The normalized spacial score (nSPS) is 16.3. The summed E-state index contributed by atoms with van der Waals surface area (Å²) in [6.45, 7) is 5.29. The minimum Gasteiger partial charge on any atom is -0.496 e. The molecular weight excluding hydrogens is 468 g/mol. The van der Waals surface area contributed by atoms with Gasteiger partial charge < -0.3 is 14.5 Å². The Labute approximate surface area is 227 Å². The smallest absolute Gasteiger partial charge is 0.162 e. The molecule has 0 saturated carbocycles. The maximum absolute atomic E-state index is 12.8. The molecule has 2 fully saturated rings. The molecule has 5 rings (SSSR count). The molecule has 3 aromatic carbocycles. The second-order valence-corrected chi connectivity index (χ2v) is 10.5. The molecule has 4 nitrogen and oxygen atoms in total. The van der Waals surface area contributed by atoms with Crippen molar-refractivity contribution in [3.63, 3.8) is 0 Å². The van der Waals surface area contributed by atoms with Gasteiger partial charge in [-0.2, -0.15) is 0 Å². The predicted molar refractivity (Wildman–Crippen MR) is 157 cm³/mol. The van der Waals surface area contributed by atoms with E-state index in [-0.39, 0.29) is 5.78 Å². The number of hydrogen-bond acceptors (Lipinski definition) is 4. The Hall–Kier alpha value is -3.37. The second kappa shape index (κ2) is 12.9. The van der Waals surface area contributed by atoms with Crippen LogP contribution in [0.3, 0.4) is 0 Å². The van der Waals surface area contributed by atoms with Crippen molar-refractivity contribution in [2.45, 2.75) is 44.9 Å². The predicted octanol–water partition coefficient (Wildman–Crippen LogP) is 7.25. The summed E-state index contributed by atoms with van der Waals surface area (Å²) in [4.78, 5) is 17.8. The molecule has 0 radical (unpaired) electrons. The van der Waals surface area contributed by atoms with Gasteiger partial charge in [-0.05, 0) is 86.5 Å². The number of ether oxygens (including phenoxy) is 1. The zero-order valence-electron chi connectivity index (χ0n) is 22.7. The fourth-order valence-electron chi connectivity index (χ4n) is 5.92. The van der Waals surface area contributed by atoms with E-state index >= 15 is 0 Å². The highest BCUT2D eigenvalue weighted by atomic mass is 16.5. The molecule has 0 aliphatic carbocycles. The van der Waals surface area contributed by atoms with E-state index in [0.29, 0.717) is 6.42 Å². The summed E-state index contributed by atoms with van der Waals surface area (Å²) < 4.78 is 5.73. The van der Waals surface area contributed by atoms with E-state index in [1.165, 1.54) is 47.2 Å². The molecule has 0 atom stereocenters. The molecule has 4 heteroatoms. The lowest BCUT2D eigenvalue weighted by Gasteiger charge is -2.30. The number of para-hydroxylation sites is 1. The average molecular weight is 509 g/mol.